The average Bonchev–Trinajstić information content (AvgIpc) is 2.76. The van der Waals surface area contributed by atoms with E-state index in [9.17, 15) is 19.2 Å². The van der Waals surface area contributed by atoms with Crippen LogP contribution in [0.25, 0.3) is 0 Å². The van der Waals surface area contributed by atoms with Gasteiger partial charge in [0.15, 0.2) is 12.4 Å². The number of hydrogen-bond acceptors (Lipinski definition) is 6. The minimum Gasteiger partial charge on any atom is -0.497 e. The summed E-state index contributed by atoms with van der Waals surface area (Å²) in [6, 6.07) is 15.4. The van der Waals surface area contributed by atoms with Crippen LogP contribution in [0.4, 0.5) is 5.69 Å². The molecule has 0 aliphatic carbocycles. The Hall–Kier alpha value is -3.68. The Bertz CT molecular complexity index is 898. The molecule has 0 spiro atoms. The van der Waals surface area contributed by atoms with Gasteiger partial charge in [0, 0.05) is 30.8 Å². The van der Waals surface area contributed by atoms with Gasteiger partial charge in [0.2, 0.25) is 5.91 Å². The summed E-state index contributed by atoms with van der Waals surface area (Å²) < 4.78 is 10.00. The third-order valence-electron chi connectivity index (χ3n) is 4.17. The molecule has 2 amide bonds. The largest absolute Gasteiger partial charge is 0.497 e. The first-order chi connectivity index (χ1) is 14.4. The minimum absolute atomic E-state index is 0.00415. The summed E-state index contributed by atoms with van der Waals surface area (Å²) in [5.41, 5.74) is 1.05. The number of Topliss-reactive ketones (excluding diaryl/α,β-unsaturated/α-hetero) is 1. The zero-order valence-corrected chi connectivity index (χ0v) is 16.9. The summed E-state index contributed by atoms with van der Waals surface area (Å²) in [4.78, 5) is 49.1. The number of esters is 1. The van der Waals surface area contributed by atoms with Crippen molar-refractivity contribution in [2.45, 2.75) is 12.8 Å². The van der Waals surface area contributed by atoms with Crippen LogP contribution in [0, 0.1) is 0 Å². The van der Waals surface area contributed by atoms with Gasteiger partial charge in [0.05, 0.1) is 20.1 Å². The summed E-state index contributed by atoms with van der Waals surface area (Å²) in [5, 5.41) is 2.66. The number of amides is 2. The predicted molar refractivity (Wildman–Crippen MR) is 110 cm³/mol. The molecule has 0 bridgehead atoms. The highest BCUT2D eigenvalue weighted by Crippen LogP contribution is 2.16. The Balaban J connectivity index is 1.71. The lowest BCUT2D eigenvalue weighted by Crippen LogP contribution is -2.37. The van der Waals surface area contributed by atoms with Crippen LogP contribution in [-0.2, 0) is 19.1 Å². The fourth-order valence-corrected chi connectivity index (χ4v) is 2.51. The van der Waals surface area contributed by atoms with Gasteiger partial charge < -0.3 is 19.7 Å². The van der Waals surface area contributed by atoms with Gasteiger partial charge in [-0.2, -0.15) is 0 Å². The number of hydrogen-bond donors (Lipinski definition) is 1. The molecule has 158 valence electrons. The summed E-state index contributed by atoms with van der Waals surface area (Å²) in [6.45, 7) is -0.707. The van der Waals surface area contributed by atoms with Crippen molar-refractivity contribution in [3.05, 3.63) is 60.2 Å². The maximum atomic E-state index is 12.1. The van der Waals surface area contributed by atoms with Gasteiger partial charge in [0.1, 0.15) is 5.75 Å². The van der Waals surface area contributed by atoms with Crippen LogP contribution >= 0.6 is 0 Å². The number of nitrogens with zero attached hydrogens (tertiary/aromatic N) is 1. The number of methoxy groups -OCH3 is 1. The lowest BCUT2D eigenvalue weighted by Gasteiger charge is -2.17. The number of carbonyl (C=O) groups is 4. The molecule has 1 N–H and O–H groups in total. The molecule has 0 saturated carbocycles. The Morgan fingerprint density at radius 2 is 1.70 bits per heavy atom. The van der Waals surface area contributed by atoms with E-state index >= 15 is 0 Å². The zero-order valence-electron chi connectivity index (χ0n) is 16.9. The van der Waals surface area contributed by atoms with Gasteiger partial charge >= 0.3 is 5.97 Å². The topological polar surface area (TPSA) is 102 Å². The Labute approximate surface area is 174 Å². The molecule has 8 nitrogen and oxygen atoms in total. The standard InChI is InChI=1S/C22H24N2O6/c1-24(14-20(26)23-17-9-6-10-18(13-17)29-2)21(27)15-30-22(28)12-11-19(25)16-7-4-3-5-8-16/h3-10,13H,11-12,14-15H2,1-2H3,(H,23,26). The molecule has 30 heavy (non-hydrogen) atoms. The highest BCUT2D eigenvalue weighted by Gasteiger charge is 2.16. The van der Waals surface area contributed by atoms with Crippen molar-refractivity contribution >= 4 is 29.3 Å². The van der Waals surface area contributed by atoms with Gasteiger partial charge in [-0.05, 0) is 12.1 Å². The van der Waals surface area contributed by atoms with E-state index in [1.54, 1.807) is 54.6 Å². The summed E-state index contributed by atoms with van der Waals surface area (Å²) >= 11 is 0. The van der Waals surface area contributed by atoms with Gasteiger partial charge in [-0.15, -0.1) is 0 Å². The van der Waals surface area contributed by atoms with Crippen molar-refractivity contribution < 1.29 is 28.7 Å². The lowest BCUT2D eigenvalue weighted by atomic mass is 10.1. The van der Waals surface area contributed by atoms with E-state index in [0.29, 0.717) is 17.0 Å². The maximum absolute atomic E-state index is 12.1. The number of likely N-dealkylation sites (N-methyl/N-ethyl adjacent to an activating group) is 1. The van der Waals surface area contributed by atoms with E-state index < -0.39 is 24.4 Å². The van der Waals surface area contributed by atoms with Gasteiger partial charge in [-0.3, -0.25) is 19.2 Å². The number of benzene rings is 2. The lowest BCUT2D eigenvalue weighted by molar-refractivity contribution is -0.151. The quantitative estimate of drug-likeness (QED) is 0.475. The second-order valence-corrected chi connectivity index (χ2v) is 6.48. The SMILES string of the molecule is COc1cccc(NC(=O)CN(C)C(=O)COC(=O)CCC(=O)c2ccccc2)c1. The van der Waals surface area contributed by atoms with Crippen LogP contribution in [0.3, 0.4) is 0 Å². The van der Waals surface area contributed by atoms with E-state index in [1.165, 1.54) is 14.2 Å². The predicted octanol–water partition coefficient (Wildman–Crippen LogP) is 2.30. The summed E-state index contributed by atoms with van der Waals surface area (Å²) in [5.74, 6) is -1.17. The molecular weight excluding hydrogens is 388 g/mol. The van der Waals surface area contributed by atoms with Crippen LogP contribution in [0.5, 0.6) is 5.75 Å². The molecule has 0 radical (unpaired) electrons. The molecule has 0 fully saturated rings. The van der Waals surface area contributed by atoms with Crippen molar-refractivity contribution in [3.8, 4) is 5.75 Å². The van der Waals surface area contributed by atoms with Crippen molar-refractivity contribution in [2.75, 3.05) is 32.6 Å². The third-order valence-corrected chi connectivity index (χ3v) is 4.17. The normalized spacial score (nSPS) is 10.1. The van der Waals surface area contributed by atoms with Crippen molar-refractivity contribution in [3.63, 3.8) is 0 Å². The first-order valence-electron chi connectivity index (χ1n) is 9.30. The molecule has 0 unspecified atom stereocenters. The van der Waals surface area contributed by atoms with Gasteiger partial charge in [-0.1, -0.05) is 36.4 Å². The highest BCUT2D eigenvalue weighted by atomic mass is 16.5. The number of carbonyl (C=O) groups excluding carboxylic acids is 4. The number of nitrogens with one attached hydrogen (secondary N) is 1. The molecule has 2 rings (SSSR count). The van der Waals surface area contributed by atoms with Crippen LogP contribution in [0.1, 0.15) is 23.2 Å². The van der Waals surface area contributed by atoms with Crippen molar-refractivity contribution in [1.29, 1.82) is 0 Å². The molecule has 8 heteroatoms. The number of anilines is 1. The van der Waals surface area contributed by atoms with Crippen LogP contribution in [0.15, 0.2) is 54.6 Å². The molecule has 0 saturated heterocycles. The second-order valence-electron chi connectivity index (χ2n) is 6.48. The van der Waals surface area contributed by atoms with Crippen LogP contribution in [-0.4, -0.2) is 55.8 Å². The first-order valence-corrected chi connectivity index (χ1v) is 9.30. The molecule has 2 aromatic carbocycles. The van der Waals surface area contributed by atoms with Crippen LogP contribution < -0.4 is 10.1 Å². The molecule has 0 aliphatic heterocycles. The van der Waals surface area contributed by atoms with Crippen molar-refractivity contribution in [1.82, 2.24) is 4.90 Å². The zero-order chi connectivity index (χ0) is 21.9. The van der Waals surface area contributed by atoms with E-state index in [0.717, 1.165) is 4.90 Å². The highest BCUT2D eigenvalue weighted by molar-refractivity contribution is 5.97. The van der Waals surface area contributed by atoms with Gasteiger partial charge in [0.25, 0.3) is 5.91 Å². The number of rotatable bonds is 10. The average molecular weight is 412 g/mol. The molecule has 0 heterocycles. The minimum atomic E-state index is -0.651. The molecule has 0 aromatic heterocycles. The van der Waals surface area contributed by atoms with E-state index in [1.807, 2.05) is 0 Å². The fraction of sp³-hybridized carbons (Fsp3) is 0.273. The number of ketones is 1. The summed E-state index contributed by atoms with van der Waals surface area (Å²) in [7, 11) is 2.95. The van der Waals surface area contributed by atoms with E-state index in [4.69, 9.17) is 9.47 Å². The molecule has 0 aliphatic rings. The summed E-state index contributed by atoms with van der Waals surface area (Å²) in [6.07, 6.45) is -0.128. The smallest absolute Gasteiger partial charge is 0.306 e. The van der Waals surface area contributed by atoms with Crippen LogP contribution in [0.2, 0.25) is 0 Å². The van der Waals surface area contributed by atoms with Crippen molar-refractivity contribution in [2.24, 2.45) is 0 Å². The number of ether oxygens (including phenoxy) is 2. The van der Waals surface area contributed by atoms with E-state index in [2.05, 4.69) is 5.32 Å². The molecular formula is C22H24N2O6. The second kappa shape index (κ2) is 11.4. The Kier molecular flexibility index (Phi) is 8.56. The molecule has 0 atom stereocenters. The monoisotopic (exact) mass is 412 g/mol. The molecule has 2 aromatic rings. The van der Waals surface area contributed by atoms with E-state index in [-0.39, 0.29) is 25.2 Å². The fourth-order valence-electron chi connectivity index (χ4n) is 2.51. The first kappa shape index (κ1) is 22.6. The Morgan fingerprint density at radius 1 is 0.967 bits per heavy atom. The Morgan fingerprint density at radius 3 is 2.40 bits per heavy atom. The maximum Gasteiger partial charge on any atom is 0.306 e. The van der Waals surface area contributed by atoms with Gasteiger partial charge in [-0.25, -0.2) is 0 Å². The third kappa shape index (κ3) is 7.38.